The highest BCUT2D eigenvalue weighted by Crippen LogP contribution is 2.28. The Hall–Kier alpha value is -3.32. The van der Waals surface area contributed by atoms with E-state index in [1.165, 1.54) is 5.56 Å². The average molecular weight is 481 g/mol. The zero-order valence-electron chi connectivity index (χ0n) is 19.9. The maximum Gasteiger partial charge on any atom is 0.359 e. The predicted octanol–water partition coefficient (Wildman–Crippen LogP) is 5.59. The minimum absolute atomic E-state index is 0.0412. The first-order valence-electron chi connectivity index (χ1n) is 11.4. The summed E-state index contributed by atoms with van der Waals surface area (Å²) in [6.07, 6.45) is 0.556. The summed E-state index contributed by atoms with van der Waals surface area (Å²) in [5.41, 5.74) is 4.60. The third-order valence-electron chi connectivity index (χ3n) is 5.89. The first kappa shape index (κ1) is 23.8. The Morgan fingerprint density at radius 3 is 2.38 bits per heavy atom. The maximum absolute atomic E-state index is 13.0. The fourth-order valence-corrected chi connectivity index (χ4v) is 4.13. The highest BCUT2D eigenvalue weighted by atomic mass is 35.5. The lowest BCUT2D eigenvalue weighted by Crippen LogP contribution is -2.39. The number of carbonyl (C=O) groups excluding carboxylic acids is 2. The first-order valence-corrected chi connectivity index (χ1v) is 11.8. The fourth-order valence-electron chi connectivity index (χ4n) is 4.01. The summed E-state index contributed by atoms with van der Waals surface area (Å²) in [5, 5.41) is 8.15. The first-order chi connectivity index (χ1) is 16.2. The van der Waals surface area contributed by atoms with Gasteiger partial charge in [-0.3, -0.25) is 0 Å². The Morgan fingerprint density at radius 1 is 1.09 bits per heavy atom. The minimum atomic E-state index is -0.494. The van der Waals surface area contributed by atoms with Gasteiger partial charge in [0.15, 0.2) is 5.69 Å². The van der Waals surface area contributed by atoms with Gasteiger partial charge in [0.25, 0.3) is 0 Å². The van der Waals surface area contributed by atoms with Crippen LogP contribution in [-0.4, -0.2) is 39.8 Å². The molecule has 1 aliphatic rings. The standard InChI is InChI=1S/C26H29ClN4O3/c1-5-34-24(32)23-21-16-30(25(33)28-19-10-6-17(7-11-19)26(2,3)4)15-14-22(21)31(29-23)20-12-8-18(27)9-13-20/h6-13H,5,14-16H2,1-4H3,(H,28,33). The van der Waals surface area contributed by atoms with Crippen LogP contribution in [0.2, 0.25) is 5.02 Å². The number of ether oxygens (including phenoxy) is 1. The quantitative estimate of drug-likeness (QED) is 0.494. The third kappa shape index (κ3) is 4.94. The topological polar surface area (TPSA) is 76.5 Å². The molecule has 7 nitrogen and oxygen atoms in total. The van der Waals surface area contributed by atoms with Crippen LogP contribution in [0, 0.1) is 0 Å². The molecule has 2 amide bonds. The van der Waals surface area contributed by atoms with Gasteiger partial charge in [0.1, 0.15) is 0 Å². The molecule has 1 N–H and O–H groups in total. The fraction of sp³-hybridized carbons (Fsp3) is 0.346. The molecule has 0 atom stereocenters. The zero-order valence-corrected chi connectivity index (χ0v) is 20.6. The van der Waals surface area contributed by atoms with Gasteiger partial charge in [0.05, 0.1) is 24.5 Å². The second-order valence-corrected chi connectivity index (χ2v) is 9.75. The highest BCUT2D eigenvalue weighted by Gasteiger charge is 2.31. The summed E-state index contributed by atoms with van der Waals surface area (Å²) in [7, 11) is 0. The van der Waals surface area contributed by atoms with Crippen LogP contribution in [0.15, 0.2) is 48.5 Å². The molecule has 34 heavy (non-hydrogen) atoms. The minimum Gasteiger partial charge on any atom is -0.461 e. The molecule has 0 saturated carbocycles. The molecule has 0 bridgehead atoms. The van der Waals surface area contributed by atoms with Crippen LogP contribution in [0.25, 0.3) is 5.69 Å². The van der Waals surface area contributed by atoms with Crippen LogP contribution >= 0.6 is 11.6 Å². The molecule has 0 spiro atoms. The monoisotopic (exact) mass is 480 g/mol. The van der Waals surface area contributed by atoms with Gasteiger partial charge >= 0.3 is 12.0 Å². The lowest BCUT2D eigenvalue weighted by Gasteiger charge is -2.28. The summed E-state index contributed by atoms with van der Waals surface area (Å²) in [4.78, 5) is 27.4. The van der Waals surface area contributed by atoms with Crippen LogP contribution < -0.4 is 5.32 Å². The number of benzene rings is 2. The number of hydrogen-bond acceptors (Lipinski definition) is 4. The molecule has 1 aliphatic heterocycles. The van der Waals surface area contributed by atoms with E-state index in [2.05, 4.69) is 31.2 Å². The molecule has 2 aromatic carbocycles. The Labute approximate surface area is 204 Å². The molecule has 0 unspecified atom stereocenters. The summed E-state index contributed by atoms with van der Waals surface area (Å²) in [6, 6.07) is 14.9. The van der Waals surface area contributed by atoms with E-state index in [9.17, 15) is 9.59 Å². The molecule has 178 valence electrons. The van der Waals surface area contributed by atoms with E-state index >= 15 is 0 Å². The Kier molecular flexibility index (Phi) is 6.66. The van der Waals surface area contributed by atoms with Crippen LogP contribution in [-0.2, 0) is 23.1 Å². The van der Waals surface area contributed by atoms with E-state index in [1.54, 1.807) is 28.6 Å². The summed E-state index contributed by atoms with van der Waals surface area (Å²) in [6.45, 7) is 9.22. The third-order valence-corrected chi connectivity index (χ3v) is 6.14. The van der Waals surface area contributed by atoms with Gasteiger partial charge in [-0.25, -0.2) is 14.3 Å². The molecular weight excluding hydrogens is 452 g/mol. The van der Waals surface area contributed by atoms with Gasteiger partial charge < -0.3 is 15.0 Å². The maximum atomic E-state index is 13.0. The highest BCUT2D eigenvalue weighted by molar-refractivity contribution is 6.30. The second-order valence-electron chi connectivity index (χ2n) is 9.31. The Morgan fingerprint density at radius 2 is 1.76 bits per heavy atom. The van der Waals surface area contributed by atoms with Crippen molar-refractivity contribution in [3.63, 3.8) is 0 Å². The average Bonchev–Trinajstić information content (AvgIpc) is 3.18. The molecule has 3 aromatic rings. The molecule has 1 aromatic heterocycles. The molecule has 0 saturated heterocycles. The number of halogens is 1. The number of amides is 2. The van der Waals surface area contributed by atoms with Crippen molar-refractivity contribution < 1.29 is 14.3 Å². The van der Waals surface area contributed by atoms with Crippen LogP contribution in [0.4, 0.5) is 10.5 Å². The van der Waals surface area contributed by atoms with Crippen molar-refractivity contribution in [1.29, 1.82) is 0 Å². The number of fused-ring (bicyclic) bond motifs is 1. The predicted molar refractivity (Wildman–Crippen MR) is 133 cm³/mol. The largest absolute Gasteiger partial charge is 0.461 e. The molecule has 0 aliphatic carbocycles. The van der Waals surface area contributed by atoms with E-state index < -0.39 is 5.97 Å². The number of anilines is 1. The van der Waals surface area contributed by atoms with E-state index in [1.807, 2.05) is 36.4 Å². The number of aromatic nitrogens is 2. The smallest absolute Gasteiger partial charge is 0.359 e. The molecule has 2 heterocycles. The van der Waals surface area contributed by atoms with Gasteiger partial charge in [0, 0.05) is 29.2 Å². The van der Waals surface area contributed by atoms with Gasteiger partial charge in [-0.15, -0.1) is 0 Å². The van der Waals surface area contributed by atoms with Crippen molar-refractivity contribution in [2.45, 2.75) is 46.1 Å². The van der Waals surface area contributed by atoms with Crippen molar-refractivity contribution >= 4 is 29.3 Å². The van der Waals surface area contributed by atoms with E-state index in [4.69, 9.17) is 16.3 Å². The molecule has 0 fully saturated rings. The van der Waals surface area contributed by atoms with E-state index in [0.717, 1.165) is 17.1 Å². The SMILES string of the molecule is CCOC(=O)c1nn(-c2ccc(Cl)cc2)c2c1CN(C(=O)Nc1ccc(C(C)(C)C)cc1)CC2. The Bertz CT molecular complexity index is 1190. The van der Waals surface area contributed by atoms with Crippen molar-refractivity contribution in [3.8, 4) is 5.69 Å². The van der Waals surface area contributed by atoms with Crippen molar-refractivity contribution in [2.24, 2.45) is 0 Å². The number of carbonyl (C=O) groups is 2. The van der Waals surface area contributed by atoms with Gasteiger partial charge in [-0.1, -0.05) is 44.5 Å². The van der Waals surface area contributed by atoms with Crippen molar-refractivity contribution in [2.75, 3.05) is 18.5 Å². The molecule has 4 rings (SSSR count). The van der Waals surface area contributed by atoms with Crippen molar-refractivity contribution in [3.05, 3.63) is 76.1 Å². The number of esters is 1. The van der Waals surface area contributed by atoms with E-state index in [-0.39, 0.29) is 30.3 Å². The molecule has 0 radical (unpaired) electrons. The van der Waals surface area contributed by atoms with Gasteiger partial charge in [0.2, 0.25) is 0 Å². The normalized spacial score (nSPS) is 13.4. The number of urea groups is 1. The lowest BCUT2D eigenvalue weighted by atomic mass is 9.87. The molecular formula is C26H29ClN4O3. The second kappa shape index (κ2) is 9.50. The van der Waals surface area contributed by atoms with Crippen molar-refractivity contribution in [1.82, 2.24) is 14.7 Å². The number of nitrogens with zero attached hydrogens (tertiary/aromatic N) is 3. The van der Waals surface area contributed by atoms with Gasteiger partial charge in [-0.2, -0.15) is 5.10 Å². The molecule has 8 heteroatoms. The number of rotatable bonds is 4. The Balaban J connectivity index is 1.58. The zero-order chi connectivity index (χ0) is 24.5. The van der Waals surface area contributed by atoms with E-state index in [0.29, 0.717) is 23.6 Å². The summed E-state index contributed by atoms with van der Waals surface area (Å²) in [5.74, 6) is -0.494. The number of hydrogen-bond donors (Lipinski definition) is 1. The van der Waals surface area contributed by atoms with Crippen LogP contribution in [0.3, 0.4) is 0 Å². The summed E-state index contributed by atoms with van der Waals surface area (Å²) >= 11 is 6.04. The van der Waals surface area contributed by atoms with Gasteiger partial charge in [-0.05, 0) is 54.3 Å². The van der Waals surface area contributed by atoms with Crippen LogP contribution in [0.5, 0.6) is 0 Å². The summed E-state index contributed by atoms with van der Waals surface area (Å²) < 4.78 is 6.99. The number of nitrogens with one attached hydrogen (secondary N) is 1. The lowest BCUT2D eigenvalue weighted by molar-refractivity contribution is 0.0516. The van der Waals surface area contributed by atoms with Crippen LogP contribution in [0.1, 0.15) is 55.0 Å².